The number of hydrogen-bond donors (Lipinski definition) is 0. The van der Waals surface area contributed by atoms with E-state index < -0.39 is 0 Å². The Morgan fingerprint density at radius 3 is 2.94 bits per heavy atom. The lowest BCUT2D eigenvalue weighted by Crippen LogP contribution is -2.26. The molecule has 1 saturated heterocycles. The Hall–Kier alpha value is -0.670. The highest BCUT2D eigenvalue weighted by Gasteiger charge is 2.21. The van der Waals surface area contributed by atoms with Gasteiger partial charge in [0.2, 0.25) is 0 Å². The molecule has 2 nitrogen and oxygen atoms in total. The maximum Gasteiger partial charge on any atom is 0.143 e. The van der Waals surface area contributed by atoms with Gasteiger partial charge >= 0.3 is 0 Å². The number of carbonyl (C=O) groups is 1. The van der Waals surface area contributed by atoms with Gasteiger partial charge in [-0.3, -0.25) is 4.79 Å². The molecular formula is C13H18O2S. The molecule has 3 heteroatoms. The number of hydrogen-bond acceptors (Lipinski definition) is 3. The van der Waals surface area contributed by atoms with Crippen molar-refractivity contribution in [2.24, 2.45) is 5.92 Å². The quantitative estimate of drug-likeness (QED) is 0.806. The molecule has 0 N–H and O–H groups in total. The smallest absolute Gasteiger partial charge is 0.143 e. The lowest BCUT2D eigenvalue weighted by molar-refractivity contribution is -0.126. The van der Waals surface area contributed by atoms with Crippen LogP contribution in [0, 0.1) is 5.92 Å². The Morgan fingerprint density at radius 2 is 2.31 bits per heavy atom. The zero-order valence-corrected chi connectivity index (χ0v) is 10.5. The predicted molar refractivity (Wildman–Crippen MR) is 66.0 cm³/mol. The van der Waals surface area contributed by atoms with Crippen LogP contribution < -0.4 is 0 Å². The Balaban J connectivity index is 1.90. The molecule has 1 aromatic heterocycles. The molecule has 1 fully saturated rings. The molecule has 1 aromatic rings. The Bertz CT molecular complexity index is 351. The third kappa shape index (κ3) is 2.92. The van der Waals surface area contributed by atoms with E-state index in [0.717, 1.165) is 25.9 Å². The van der Waals surface area contributed by atoms with Crippen molar-refractivity contribution in [3.63, 3.8) is 0 Å². The summed E-state index contributed by atoms with van der Waals surface area (Å²) in [6, 6.07) is 4.22. The molecule has 0 spiro atoms. The molecule has 0 aliphatic carbocycles. The lowest BCUT2D eigenvalue weighted by atomic mass is 9.95. The van der Waals surface area contributed by atoms with Crippen LogP contribution in [0.15, 0.2) is 12.1 Å². The van der Waals surface area contributed by atoms with Gasteiger partial charge in [0.1, 0.15) is 5.78 Å². The maximum absolute atomic E-state index is 12.0. The maximum atomic E-state index is 12.0. The summed E-state index contributed by atoms with van der Waals surface area (Å²) in [6.45, 7) is 3.60. The van der Waals surface area contributed by atoms with E-state index in [2.05, 4.69) is 19.1 Å². The van der Waals surface area contributed by atoms with E-state index in [1.54, 1.807) is 11.3 Å². The van der Waals surface area contributed by atoms with Crippen molar-refractivity contribution in [1.29, 1.82) is 0 Å². The van der Waals surface area contributed by atoms with Crippen LogP contribution in [-0.4, -0.2) is 19.0 Å². The number of carbonyl (C=O) groups excluding carboxylic acids is 1. The molecule has 1 aliphatic rings. The second kappa shape index (κ2) is 5.60. The summed E-state index contributed by atoms with van der Waals surface area (Å²) < 4.78 is 5.35. The van der Waals surface area contributed by atoms with Gasteiger partial charge in [0.15, 0.2) is 0 Å². The van der Waals surface area contributed by atoms with Gasteiger partial charge < -0.3 is 4.74 Å². The number of thiophene rings is 1. The van der Waals surface area contributed by atoms with E-state index in [0.29, 0.717) is 18.8 Å². The van der Waals surface area contributed by atoms with Gasteiger partial charge in [0.25, 0.3) is 0 Å². The summed E-state index contributed by atoms with van der Waals surface area (Å²) in [4.78, 5) is 14.6. The molecule has 0 aromatic carbocycles. The molecule has 1 aliphatic heterocycles. The average Bonchev–Trinajstić information content (AvgIpc) is 2.78. The van der Waals surface area contributed by atoms with Gasteiger partial charge in [-0.25, -0.2) is 0 Å². The summed E-state index contributed by atoms with van der Waals surface area (Å²) in [7, 11) is 0. The minimum absolute atomic E-state index is 0.140. The number of aryl methyl sites for hydroxylation is 1. The van der Waals surface area contributed by atoms with E-state index in [1.807, 2.05) is 0 Å². The van der Waals surface area contributed by atoms with Crippen molar-refractivity contribution in [3.05, 3.63) is 21.9 Å². The number of rotatable bonds is 4. The third-order valence-corrected chi connectivity index (χ3v) is 4.26. The standard InChI is InChI=1S/C13H18O2S/c1-2-11-5-6-12(16-11)8-13(14)10-4-3-7-15-9-10/h5-6,10H,2-4,7-9H2,1H3. The first-order valence-corrected chi connectivity index (χ1v) is 6.79. The molecule has 2 heterocycles. The Kier molecular flexibility index (Phi) is 4.13. The molecule has 0 saturated carbocycles. The fourth-order valence-electron chi connectivity index (χ4n) is 2.02. The zero-order valence-electron chi connectivity index (χ0n) is 9.70. The van der Waals surface area contributed by atoms with Crippen LogP contribution in [0.2, 0.25) is 0 Å². The monoisotopic (exact) mass is 238 g/mol. The Labute approximate surface area is 101 Å². The molecule has 88 valence electrons. The van der Waals surface area contributed by atoms with Crippen molar-refractivity contribution in [1.82, 2.24) is 0 Å². The minimum Gasteiger partial charge on any atom is -0.381 e. The van der Waals surface area contributed by atoms with Gasteiger partial charge in [0, 0.05) is 28.7 Å². The average molecular weight is 238 g/mol. The molecule has 0 amide bonds. The number of Topliss-reactive ketones (excluding diaryl/α,β-unsaturated/α-hetero) is 1. The number of ketones is 1. The van der Waals surface area contributed by atoms with Crippen LogP contribution in [0.3, 0.4) is 0 Å². The van der Waals surface area contributed by atoms with E-state index >= 15 is 0 Å². The van der Waals surface area contributed by atoms with Gasteiger partial charge in [-0.2, -0.15) is 0 Å². The lowest BCUT2D eigenvalue weighted by Gasteiger charge is -2.20. The fraction of sp³-hybridized carbons (Fsp3) is 0.615. The van der Waals surface area contributed by atoms with Gasteiger partial charge in [-0.15, -0.1) is 11.3 Å². The first-order chi connectivity index (χ1) is 7.79. The second-order valence-electron chi connectivity index (χ2n) is 4.28. The third-order valence-electron chi connectivity index (χ3n) is 3.03. The van der Waals surface area contributed by atoms with Crippen molar-refractivity contribution in [3.8, 4) is 0 Å². The summed E-state index contributed by atoms with van der Waals surface area (Å²) in [5, 5.41) is 0. The normalized spacial score (nSPS) is 20.9. The van der Waals surface area contributed by atoms with E-state index in [4.69, 9.17) is 4.74 Å². The van der Waals surface area contributed by atoms with Gasteiger partial charge in [-0.05, 0) is 31.4 Å². The SMILES string of the molecule is CCc1ccc(CC(=O)C2CCCOC2)s1. The first kappa shape index (κ1) is 11.8. The molecule has 1 atom stereocenters. The van der Waals surface area contributed by atoms with E-state index in [-0.39, 0.29) is 5.92 Å². The second-order valence-corrected chi connectivity index (χ2v) is 5.53. The topological polar surface area (TPSA) is 26.3 Å². The van der Waals surface area contributed by atoms with Gasteiger partial charge in [0.05, 0.1) is 6.61 Å². The molecule has 0 bridgehead atoms. The summed E-state index contributed by atoms with van der Waals surface area (Å²) in [5.41, 5.74) is 0. The van der Waals surface area contributed by atoms with Crippen LogP contribution in [-0.2, 0) is 22.4 Å². The number of ether oxygens (including phenoxy) is 1. The first-order valence-electron chi connectivity index (χ1n) is 5.97. The Morgan fingerprint density at radius 1 is 1.50 bits per heavy atom. The van der Waals surface area contributed by atoms with Crippen molar-refractivity contribution < 1.29 is 9.53 Å². The fourth-order valence-corrected chi connectivity index (χ4v) is 2.99. The molecule has 1 unspecified atom stereocenters. The molecule has 0 radical (unpaired) electrons. The van der Waals surface area contributed by atoms with Crippen LogP contribution in [0.25, 0.3) is 0 Å². The van der Waals surface area contributed by atoms with Crippen LogP contribution >= 0.6 is 11.3 Å². The zero-order chi connectivity index (χ0) is 11.4. The molecule has 2 rings (SSSR count). The van der Waals surface area contributed by atoms with E-state index in [1.165, 1.54) is 9.75 Å². The summed E-state index contributed by atoms with van der Waals surface area (Å²) >= 11 is 1.76. The van der Waals surface area contributed by atoms with Crippen molar-refractivity contribution in [2.75, 3.05) is 13.2 Å². The van der Waals surface area contributed by atoms with E-state index in [9.17, 15) is 4.79 Å². The largest absolute Gasteiger partial charge is 0.381 e. The highest BCUT2D eigenvalue weighted by Crippen LogP contribution is 2.21. The predicted octanol–water partition coefficient (Wildman–Crippen LogP) is 2.85. The van der Waals surface area contributed by atoms with Crippen LogP contribution in [0.4, 0.5) is 0 Å². The van der Waals surface area contributed by atoms with Crippen LogP contribution in [0.5, 0.6) is 0 Å². The minimum atomic E-state index is 0.140. The highest BCUT2D eigenvalue weighted by molar-refractivity contribution is 7.12. The molecule has 16 heavy (non-hydrogen) atoms. The summed E-state index contributed by atoms with van der Waals surface area (Å²) in [6.07, 6.45) is 3.69. The highest BCUT2D eigenvalue weighted by atomic mass is 32.1. The van der Waals surface area contributed by atoms with Crippen molar-refractivity contribution in [2.45, 2.75) is 32.6 Å². The molecular weight excluding hydrogens is 220 g/mol. The van der Waals surface area contributed by atoms with Crippen molar-refractivity contribution >= 4 is 17.1 Å². The van der Waals surface area contributed by atoms with Crippen LogP contribution in [0.1, 0.15) is 29.5 Å². The summed E-state index contributed by atoms with van der Waals surface area (Å²) in [5.74, 6) is 0.491. The van der Waals surface area contributed by atoms with Gasteiger partial charge in [-0.1, -0.05) is 6.92 Å².